The van der Waals surface area contributed by atoms with E-state index in [4.69, 9.17) is 16.7 Å². The molecule has 0 bridgehead atoms. The molecule has 0 aliphatic rings. The predicted molar refractivity (Wildman–Crippen MR) is 69.0 cm³/mol. The molecule has 0 aromatic heterocycles. The Bertz CT molecular complexity index is 559. The van der Waals surface area contributed by atoms with Crippen LogP contribution in [0.4, 0.5) is 5.69 Å². The molecule has 0 aliphatic carbocycles. The molecular weight excluding hydrogens is 280 g/mol. The Balaban J connectivity index is 2.88. The normalized spacial score (nSPS) is 11.6. The van der Waals surface area contributed by atoms with Crippen molar-refractivity contribution in [3.05, 3.63) is 28.8 Å². The number of nitrogens with zero attached hydrogens (tertiary/aromatic N) is 1. The molecule has 18 heavy (non-hydrogen) atoms. The quantitative estimate of drug-likeness (QED) is 0.857. The van der Waals surface area contributed by atoms with E-state index in [1.165, 1.54) is 13.1 Å². The van der Waals surface area contributed by atoms with Crippen LogP contribution < -0.4 is 4.72 Å². The molecule has 0 spiro atoms. The van der Waals surface area contributed by atoms with Crippen LogP contribution in [0, 0.1) is 6.92 Å². The number of carboxylic acid groups (broad SMARTS) is 1. The second kappa shape index (κ2) is 5.55. The molecule has 0 atom stereocenters. The molecule has 100 valence electrons. The second-order valence-electron chi connectivity index (χ2n) is 3.72. The fourth-order valence-electron chi connectivity index (χ4n) is 1.16. The summed E-state index contributed by atoms with van der Waals surface area (Å²) < 4.78 is 26.4. The monoisotopic (exact) mass is 292 g/mol. The van der Waals surface area contributed by atoms with Crippen LogP contribution in [0.15, 0.2) is 18.2 Å². The third kappa shape index (κ3) is 3.86. The summed E-state index contributed by atoms with van der Waals surface area (Å²) in [5.41, 5.74) is 1.10. The summed E-state index contributed by atoms with van der Waals surface area (Å²) in [4.78, 5) is 10.5. The van der Waals surface area contributed by atoms with Gasteiger partial charge < -0.3 is 5.11 Å². The molecule has 0 aliphatic heterocycles. The number of aliphatic carboxylic acids is 1. The number of aryl methyl sites for hydroxylation is 1. The van der Waals surface area contributed by atoms with Gasteiger partial charge in [0.1, 0.15) is 6.54 Å². The summed E-state index contributed by atoms with van der Waals surface area (Å²) >= 11 is 5.86. The smallest absolute Gasteiger partial charge is 0.318 e. The molecule has 0 fully saturated rings. The Labute approximate surface area is 110 Å². The topological polar surface area (TPSA) is 86.7 Å². The van der Waals surface area contributed by atoms with Gasteiger partial charge in [0.05, 0.1) is 5.69 Å². The van der Waals surface area contributed by atoms with Gasteiger partial charge in [0.25, 0.3) is 0 Å². The molecule has 0 amide bonds. The Morgan fingerprint density at radius 3 is 2.61 bits per heavy atom. The van der Waals surface area contributed by atoms with Crippen LogP contribution in [0.2, 0.25) is 5.02 Å². The zero-order chi connectivity index (χ0) is 13.9. The van der Waals surface area contributed by atoms with Crippen molar-refractivity contribution < 1.29 is 18.3 Å². The maximum absolute atomic E-state index is 11.7. The zero-order valence-electron chi connectivity index (χ0n) is 9.84. The van der Waals surface area contributed by atoms with E-state index in [1.54, 1.807) is 19.1 Å². The van der Waals surface area contributed by atoms with Crippen LogP contribution >= 0.6 is 11.6 Å². The lowest BCUT2D eigenvalue weighted by Crippen LogP contribution is -2.36. The van der Waals surface area contributed by atoms with Gasteiger partial charge in [-0.15, -0.1) is 0 Å². The van der Waals surface area contributed by atoms with E-state index in [2.05, 4.69) is 4.72 Å². The molecule has 0 radical (unpaired) electrons. The molecule has 1 aromatic rings. The average Bonchev–Trinajstić information content (AvgIpc) is 2.22. The molecule has 1 rings (SSSR count). The van der Waals surface area contributed by atoms with Crippen molar-refractivity contribution in [2.45, 2.75) is 6.92 Å². The Hall–Kier alpha value is -1.31. The highest BCUT2D eigenvalue weighted by Crippen LogP contribution is 2.21. The Morgan fingerprint density at radius 1 is 1.50 bits per heavy atom. The van der Waals surface area contributed by atoms with Gasteiger partial charge in [0, 0.05) is 12.1 Å². The number of benzene rings is 1. The van der Waals surface area contributed by atoms with Crippen LogP contribution in [-0.4, -0.2) is 37.4 Å². The maximum Gasteiger partial charge on any atom is 0.318 e. The number of carbonyl (C=O) groups is 1. The first-order valence-corrected chi connectivity index (χ1v) is 6.76. The van der Waals surface area contributed by atoms with Crippen molar-refractivity contribution in [2.24, 2.45) is 0 Å². The summed E-state index contributed by atoms with van der Waals surface area (Å²) in [6.45, 7) is 1.17. The van der Waals surface area contributed by atoms with Gasteiger partial charge in [-0.1, -0.05) is 17.7 Å². The lowest BCUT2D eigenvalue weighted by atomic mass is 10.2. The number of halogens is 1. The van der Waals surface area contributed by atoms with E-state index in [-0.39, 0.29) is 5.69 Å². The van der Waals surface area contributed by atoms with E-state index in [9.17, 15) is 13.2 Å². The molecule has 0 unspecified atom stereocenters. The van der Waals surface area contributed by atoms with Gasteiger partial charge in [-0.2, -0.15) is 12.7 Å². The molecule has 8 heteroatoms. The van der Waals surface area contributed by atoms with Crippen molar-refractivity contribution in [3.63, 3.8) is 0 Å². The zero-order valence-corrected chi connectivity index (χ0v) is 11.4. The second-order valence-corrected chi connectivity index (χ2v) is 5.91. The van der Waals surface area contributed by atoms with E-state index >= 15 is 0 Å². The highest BCUT2D eigenvalue weighted by Gasteiger charge is 2.20. The van der Waals surface area contributed by atoms with Crippen LogP contribution in [0.5, 0.6) is 0 Å². The van der Waals surface area contributed by atoms with Gasteiger partial charge in [0.2, 0.25) is 0 Å². The first-order valence-electron chi connectivity index (χ1n) is 4.94. The minimum Gasteiger partial charge on any atom is -0.480 e. The highest BCUT2D eigenvalue weighted by molar-refractivity contribution is 7.90. The summed E-state index contributed by atoms with van der Waals surface area (Å²) in [5, 5.41) is 8.97. The number of hydrogen-bond acceptors (Lipinski definition) is 3. The fourth-order valence-corrected chi connectivity index (χ4v) is 2.20. The number of hydrogen-bond donors (Lipinski definition) is 2. The minimum atomic E-state index is -3.89. The first kappa shape index (κ1) is 14.7. The van der Waals surface area contributed by atoms with Crippen LogP contribution in [0.1, 0.15) is 5.56 Å². The molecule has 1 aromatic carbocycles. The van der Waals surface area contributed by atoms with Crippen molar-refractivity contribution in [1.29, 1.82) is 0 Å². The Kier molecular flexibility index (Phi) is 4.55. The third-order valence-electron chi connectivity index (χ3n) is 2.19. The number of likely N-dealkylation sites (N-methyl/N-ethyl adjacent to an activating group) is 1. The molecule has 0 saturated heterocycles. The van der Waals surface area contributed by atoms with Crippen LogP contribution in [0.3, 0.4) is 0 Å². The predicted octanol–water partition coefficient (Wildman–Crippen LogP) is 1.32. The number of nitrogens with one attached hydrogen (secondary N) is 1. The van der Waals surface area contributed by atoms with Gasteiger partial charge in [-0.05, 0) is 24.6 Å². The molecule has 6 nitrogen and oxygen atoms in total. The van der Waals surface area contributed by atoms with Crippen molar-refractivity contribution in [3.8, 4) is 0 Å². The van der Waals surface area contributed by atoms with Gasteiger partial charge in [0.15, 0.2) is 0 Å². The van der Waals surface area contributed by atoms with Gasteiger partial charge in [-0.25, -0.2) is 0 Å². The fraction of sp³-hybridized carbons (Fsp3) is 0.300. The molecule has 0 heterocycles. The van der Waals surface area contributed by atoms with Crippen molar-refractivity contribution in [2.75, 3.05) is 18.3 Å². The summed E-state index contributed by atoms with van der Waals surface area (Å²) in [6, 6.07) is 4.67. The van der Waals surface area contributed by atoms with E-state index in [1.807, 2.05) is 0 Å². The largest absolute Gasteiger partial charge is 0.480 e. The standard InChI is InChI=1S/C10H13ClN2O4S/c1-7-3-4-8(5-9(7)11)12-18(16,17)13(2)6-10(14)15/h3-5,12H,6H2,1-2H3,(H,14,15). The van der Waals surface area contributed by atoms with Crippen LogP contribution in [0.25, 0.3) is 0 Å². The molecule has 2 N–H and O–H groups in total. The van der Waals surface area contributed by atoms with Crippen molar-refractivity contribution >= 4 is 33.5 Å². The first-order chi connectivity index (χ1) is 8.22. The van der Waals surface area contributed by atoms with E-state index in [0.717, 1.165) is 5.56 Å². The number of anilines is 1. The highest BCUT2D eigenvalue weighted by atomic mass is 35.5. The summed E-state index contributed by atoms with van der Waals surface area (Å²) in [6.07, 6.45) is 0. The average molecular weight is 293 g/mol. The maximum atomic E-state index is 11.7. The molecular formula is C10H13ClN2O4S. The lowest BCUT2D eigenvalue weighted by molar-refractivity contribution is -0.137. The summed E-state index contributed by atoms with van der Waals surface area (Å²) in [7, 11) is -2.72. The van der Waals surface area contributed by atoms with Gasteiger partial charge in [-0.3, -0.25) is 9.52 Å². The number of rotatable bonds is 5. The van der Waals surface area contributed by atoms with E-state index in [0.29, 0.717) is 9.33 Å². The number of carboxylic acids is 1. The van der Waals surface area contributed by atoms with E-state index < -0.39 is 22.7 Å². The molecule has 0 saturated carbocycles. The van der Waals surface area contributed by atoms with Crippen molar-refractivity contribution in [1.82, 2.24) is 4.31 Å². The van der Waals surface area contributed by atoms with Crippen LogP contribution in [-0.2, 0) is 15.0 Å². The summed E-state index contributed by atoms with van der Waals surface area (Å²) in [5.74, 6) is -1.23. The lowest BCUT2D eigenvalue weighted by Gasteiger charge is -2.16. The van der Waals surface area contributed by atoms with Gasteiger partial charge >= 0.3 is 16.2 Å². The third-order valence-corrected chi connectivity index (χ3v) is 4.04. The Morgan fingerprint density at radius 2 is 2.11 bits per heavy atom. The minimum absolute atomic E-state index is 0.280. The SMILES string of the molecule is Cc1ccc(NS(=O)(=O)N(C)CC(=O)O)cc1Cl.